The van der Waals surface area contributed by atoms with Crippen molar-refractivity contribution < 1.29 is 22.3 Å². The second kappa shape index (κ2) is 11.9. The Balaban J connectivity index is 1.28. The molecule has 2 saturated heterocycles. The predicted molar refractivity (Wildman–Crippen MR) is 150 cm³/mol. The number of piperazine rings is 1. The number of halogens is 4. The largest absolute Gasteiger partial charge is 0.433 e. The Hall–Kier alpha value is -3.51. The van der Waals surface area contributed by atoms with Crippen molar-refractivity contribution in [1.29, 1.82) is 0 Å². The molecule has 0 aliphatic carbocycles. The minimum absolute atomic E-state index is 0.104. The molecule has 0 amide bonds. The summed E-state index contributed by atoms with van der Waals surface area (Å²) in [6, 6.07) is 17.2. The van der Waals surface area contributed by atoms with Gasteiger partial charge in [0.15, 0.2) is 10.8 Å². The first-order valence-corrected chi connectivity index (χ1v) is 13.5. The van der Waals surface area contributed by atoms with Crippen LogP contribution < -0.4 is 20.4 Å². The summed E-state index contributed by atoms with van der Waals surface area (Å²) in [5.41, 5.74) is 0.610. The highest BCUT2D eigenvalue weighted by atomic mass is 32.1. The Labute approximate surface area is 235 Å². The highest BCUT2D eigenvalue weighted by Crippen LogP contribution is 2.35. The Morgan fingerprint density at radius 3 is 2.23 bits per heavy atom. The predicted octanol–water partition coefficient (Wildman–Crippen LogP) is 5.00. The highest BCUT2D eigenvalue weighted by Gasteiger charge is 2.36. The molecule has 12 heteroatoms. The summed E-state index contributed by atoms with van der Waals surface area (Å²) in [7, 11) is 0. The molecule has 3 aromatic rings. The zero-order chi connectivity index (χ0) is 28.2. The van der Waals surface area contributed by atoms with Gasteiger partial charge in [-0.25, -0.2) is 9.37 Å². The maximum absolute atomic E-state index is 13.8. The molecule has 2 aromatic carbocycles. The fourth-order valence-electron chi connectivity index (χ4n) is 5.16. The number of aromatic nitrogens is 2. The topological polar surface area (TPSA) is 65.6 Å². The molecule has 3 heterocycles. The normalized spacial score (nSPS) is 17.4. The summed E-state index contributed by atoms with van der Waals surface area (Å²) in [4.78, 5) is 12.1. The molecule has 2 aliphatic heterocycles. The van der Waals surface area contributed by atoms with Gasteiger partial charge in [-0.1, -0.05) is 30.3 Å². The van der Waals surface area contributed by atoms with Crippen LogP contribution in [-0.2, 0) is 16.3 Å². The molecule has 0 atom stereocenters. The first kappa shape index (κ1) is 28.0. The molecule has 2 fully saturated rings. The lowest BCUT2D eigenvalue weighted by Crippen LogP contribution is -2.47. The minimum Gasteiger partial charge on any atom is -0.381 e. The van der Waals surface area contributed by atoms with Gasteiger partial charge >= 0.3 is 6.18 Å². The van der Waals surface area contributed by atoms with Gasteiger partial charge in [0, 0.05) is 63.1 Å². The Morgan fingerprint density at radius 2 is 1.57 bits per heavy atom. The second-order valence-corrected chi connectivity index (χ2v) is 10.4. The van der Waals surface area contributed by atoms with Crippen LogP contribution in [0.2, 0.25) is 0 Å². The smallest absolute Gasteiger partial charge is 0.381 e. The molecule has 0 radical (unpaired) electrons. The molecule has 7 nitrogen and oxygen atoms in total. The van der Waals surface area contributed by atoms with Gasteiger partial charge < -0.3 is 25.2 Å². The summed E-state index contributed by atoms with van der Waals surface area (Å²) < 4.78 is 60.4. The first-order valence-electron chi connectivity index (χ1n) is 13.1. The molecule has 40 heavy (non-hydrogen) atoms. The number of alkyl halides is 3. The van der Waals surface area contributed by atoms with Gasteiger partial charge in [-0.3, -0.25) is 0 Å². The number of anilines is 3. The van der Waals surface area contributed by atoms with E-state index < -0.39 is 11.9 Å². The number of para-hydroxylation sites is 1. The quantitative estimate of drug-likeness (QED) is 0.315. The van der Waals surface area contributed by atoms with Crippen LogP contribution in [0.1, 0.15) is 24.1 Å². The summed E-state index contributed by atoms with van der Waals surface area (Å²) in [6.07, 6.45) is -3.27. The number of thiocarbonyl (C=S) groups is 1. The lowest BCUT2D eigenvalue weighted by atomic mass is 9.74. The van der Waals surface area contributed by atoms with E-state index in [4.69, 9.17) is 17.0 Å². The van der Waals surface area contributed by atoms with E-state index in [9.17, 15) is 17.6 Å². The number of hydrogen-bond acceptors (Lipinski definition) is 6. The molecular formula is C28H30F4N6OS. The molecule has 0 saturated carbocycles. The fourth-order valence-corrected chi connectivity index (χ4v) is 5.32. The highest BCUT2D eigenvalue weighted by molar-refractivity contribution is 7.80. The maximum atomic E-state index is 13.8. The van der Waals surface area contributed by atoms with E-state index in [-0.39, 0.29) is 28.1 Å². The molecule has 0 unspecified atom stereocenters. The van der Waals surface area contributed by atoms with Crippen LogP contribution in [-0.4, -0.2) is 61.0 Å². The van der Waals surface area contributed by atoms with Gasteiger partial charge in [-0.05, 0) is 54.9 Å². The van der Waals surface area contributed by atoms with Crippen molar-refractivity contribution in [3.05, 3.63) is 77.7 Å². The van der Waals surface area contributed by atoms with Crippen LogP contribution in [0.15, 0.2) is 60.7 Å². The Kier molecular flexibility index (Phi) is 8.36. The zero-order valence-corrected chi connectivity index (χ0v) is 22.6. The number of hydrogen-bond donors (Lipinski definition) is 2. The van der Waals surface area contributed by atoms with E-state index in [0.29, 0.717) is 58.8 Å². The van der Waals surface area contributed by atoms with Gasteiger partial charge in [-0.2, -0.15) is 18.2 Å². The third-order valence-electron chi connectivity index (χ3n) is 7.45. The summed E-state index contributed by atoms with van der Waals surface area (Å²) in [6.45, 7) is 3.77. The number of rotatable bonds is 6. The number of ether oxygens (including phenoxy) is 1. The van der Waals surface area contributed by atoms with Crippen molar-refractivity contribution in [3.63, 3.8) is 0 Å². The van der Waals surface area contributed by atoms with Crippen LogP contribution in [0, 0.1) is 5.82 Å². The van der Waals surface area contributed by atoms with Crippen LogP contribution in [0.25, 0.3) is 0 Å². The van der Waals surface area contributed by atoms with E-state index in [2.05, 4.69) is 25.5 Å². The van der Waals surface area contributed by atoms with Crippen LogP contribution >= 0.6 is 12.2 Å². The van der Waals surface area contributed by atoms with E-state index in [1.807, 2.05) is 35.2 Å². The second-order valence-electron chi connectivity index (χ2n) is 9.95. The molecule has 0 spiro atoms. The summed E-state index contributed by atoms with van der Waals surface area (Å²) >= 11 is 5.44. The average Bonchev–Trinajstić information content (AvgIpc) is 2.97. The van der Waals surface area contributed by atoms with E-state index in [1.54, 1.807) is 12.1 Å². The average molecular weight is 575 g/mol. The van der Waals surface area contributed by atoms with E-state index in [0.717, 1.165) is 17.3 Å². The van der Waals surface area contributed by atoms with Gasteiger partial charge in [0.25, 0.3) is 0 Å². The summed E-state index contributed by atoms with van der Waals surface area (Å²) in [5.74, 6) is -0.363. The van der Waals surface area contributed by atoms with Crippen LogP contribution in [0.3, 0.4) is 0 Å². The van der Waals surface area contributed by atoms with Gasteiger partial charge in [0.2, 0.25) is 5.95 Å². The van der Waals surface area contributed by atoms with Crippen molar-refractivity contribution in [1.82, 2.24) is 15.3 Å². The number of benzene rings is 2. The van der Waals surface area contributed by atoms with Crippen molar-refractivity contribution >= 4 is 34.8 Å². The molecule has 2 N–H and O–H groups in total. The molecule has 0 bridgehead atoms. The zero-order valence-electron chi connectivity index (χ0n) is 21.8. The lowest BCUT2D eigenvalue weighted by molar-refractivity contribution is -0.141. The van der Waals surface area contributed by atoms with Crippen molar-refractivity contribution in [2.45, 2.75) is 24.4 Å². The SMILES string of the molecule is Fc1ccc(C2(CNC(=S)Nc3nc(N4CCN(c5ccccc5)CC4)cc(C(F)(F)F)n3)CCOCC2)cc1. The third-order valence-corrected chi connectivity index (χ3v) is 7.69. The molecular weight excluding hydrogens is 544 g/mol. The van der Waals surface area contributed by atoms with E-state index in [1.165, 1.54) is 12.1 Å². The standard InChI is InChI=1S/C28H30F4N6OS/c29-21-8-6-20(7-9-21)27(10-16-39-17-11-27)19-33-26(40)36-25-34-23(28(30,31)32)18-24(35-25)38-14-12-37(13-15-38)22-4-2-1-3-5-22/h1-9,18H,10-17,19H2,(H2,33,34,35,36,40). The summed E-state index contributed by atoms with van der Waals surface area (Å²) in [5, 5.41) is 5.98. The van der Waals surface area contributed by atoms with E-state index >= 15 is 0 Å². The Bertz CT molecular complexity index is 1290. The van der Waals surface area contributed by atoms with Crippen molar-refractivity contribution in [2.75, 3.05) is 61.1 Å². The van der Waals surface area contributed by atoms with Gasteiger partial charge in [0.05, 0.1) is 0 Å². The van der Waals surface area contributed by atoms with Crippen molar-refractivity contribution in [2.24, 2.45) is 0 Å². The van der Waals surface area contributed by atoms with Gasteiger partial charge in [-0.15, -0.1) is 0 Å². The third kappa shape index (κ3) is 6.61. The monoisotopic (exact) mass is 574 g/mol. The van der Waals surface area contributed by atoms with Crippen LogP contribution in [0.4, 0.5) is 35.0 Å². The number of nitrogens with zero attached hydrogens (tertiary/aromatic N) is 4. The number of nitrogens with one attached hydrogen (secondary N) is 2. The first-order chi connectivity index (χ1) is 19.2. The minimum atomic E-state index is -4.65. The van der Waals surface area contributed by atoms with Crippen molar-refractivity contribution in [3.8, 4) is 0 Å². The lowest BCUT2D eigenvalue weighted by Gasteiger charge is -2.38. The molecule has 212 valence electrons. The maximum Gasteiger partial charge on any atom is 0.433 e. The van der Waals surface area contributed by atoms with Gasteiger partial charge in [0.1, 0.15) is 11.6 Å². The molecule has 2 aliphatic rings. The Morgan fingerprint density at radius 1 is 0.925 bits per heavy atom. The molecule has 1 aromatic heterocycles. The van der Waals surface area contributed by atoms with Crippen LogP contribution in [0.5, 0.6) is 0 Å². The molecule has 5 rings (SSSR count). The fraction of sp³-hybridized carbons (Fsp3) is 0.393.